The molecule has 1 saturated carbocycles. The number of anilines is 3. The number of piperidine rings is 2. The first-order valence-corrected chi connectivity index (χ1v) is 19.0. The summed E-state index contributed by atoms with van der Waals surface area (Å²) < 4.78 is 17.0. The third-order valence-corrected chi connectivity index (χ3v) is 11.7. The Kier molecular flexibility index (Phi) is 9.68. The van der Waals surface area contributed by atoms with Gasteiger partial charge in [0, 0.05) is 55.3 Å². The lowest BCUT2D eigenvalue weighted by Gasteiger charge is -2.37. The molecule has 0 bridgehead atoms. The molecular weight excluding hydrogens is 721 g/mol. The average molecular weight is 764 g/mol. The number of benzene rings is 1. The van der Waals surface area contributed by atoms with Crippen molar-refractivity contribution < 1.29 is 28.4 Å². The lowest BCUT2D eigenvalue weighted by Crippen LogP contribution is -2.54. The molecule has 2 saturated heterocycles. The van der Waals surface area contributed by atoms with Crippen LogP contribution in [0.25, 0.3) is 11.0 Å². The first kappa shape index (κ1) is 37.0. The number of hydrogen-bond donors (Lipinski definition) is 2. The molecule has 2 N–H and O–H groups in total. The van der Waals surface area contributed by atoms with Crippen LogP contribution in [0.2, 0.25) is 0 Å². The third kappa shape index (κ3) is 6.61. The molecule has 4 aromatic rings. The highest BCUT2D eigenvalue weighted by atomic mass is 19.1. The van der Waals surface area contributed by atoms with Crippen LogP contribution in [0, 0.1) is 12.7 Å². The normalized spacial score (nSPS) is 19.3. The first-order valence-electron chi connectivity index (χ1n) is 19.0. The van der Waals surface area contributed by atoms with E-state index in [4.69, 9.17) is 4.98 Å². The predicted octanol–water partition coefficient (Wildman–Crippen LogP) is 4.20. The van der Waals surface area contributed by atoms with Gasteiger partial charge < -0.3 is 10.2 Å². The van der Waals surface area contributed by atoms with E-state index in [9.17, 15) is 28.8 Å². The fraction of sp³-hybridized carbons (Fsp3) is 0.425. The maximum absolute atomic E-state index is 15.4. The Bertz CT molecular complexity index is 2370. The number of imide groups is 2. The first-order chi connectivity index (χ1) is 26.9. The van der Waals surface area contributed by atoms with E-state index >= 15 is 4.39 Å². The number of carbonyl (C=O) groups excluding carboxylic acids is 5. The van der Waals surface area contributed by atoms with E-state index in [1.54, 1.807) is 23.9 Å². The number of fused-ring (bicyclic) bond motifs is 2. The van der Waals surface area contributed by atoms with Crippen LogP contribution in [-0.2, 0) is 16.1 Å². The molecule has 3 fully saturated rings. The van der Waals surface area contributed by atoms with Crippen molar-refractivity contribution >= 4 is 57.9 Å². The maximum Gasteiger partial charge on any atom is 0.263 e. The highest BCUT2D eigenvalue weighted by molar-refractivity contribution is 6.23. The number of amides is 4. The number of pyridine rings is 2. The zero-order chi connectivity index (χ0) is 39.4. The Morgan fingerprint density at radius 3 is 2.34 bits per heavy atom. The minimum atomic E-state index is -1.11. The lowest BCUT2D eigenvalue weighted by molar-refractivity contribution is -0.136. The van der Waals surface area contributed by atoms with Gasteiger partial charge in [0.15, 0.2) is 5.78 Å². The van der Waals surface area contributed by atoms with E-state index in [1.807, 2.05) is 24.1 Å². The molecule has 1 atom stereocenters. The summed E-state index contributed by atoms with van der Waals surface area (Å²) in [5.41, 5.74) is 2.16. The highest BCUT2D eigenvalue weighted by Crippen LogP contribution is 2.33. The van der Waals surface area contributed by atoms with Crippen molar-refractivity contribution in [2.24, 2.45) is 0 Å². The monoisotopic (exact) mass is 763 g/mol. The summed E-state index contributed by atoms with van der Waals surface area (Å²) in [7, 11) is 1.91. The second-order valence-corrected chi connectivity index (χ2v) is 15.2. The maximum atomic E-state index is 15.4. The number of Topliss-reactive ketones (excluding diaryl/α,β-unsaturated/α-hetero) is 1. The lowest BCUT2D eigenvalue weighted by atomic mass is 10.0. The standard InChI is InChI=1S/C40H42FN9O6/c1-21-29-19-43-40(46-35(29)49(25-6-4-5-7-25)39(56)34(21)22(2)51)44-32-10-8-26(18-42-32)48-14-12-24(13-15-48)47(3)20-23-16-27-28(17-30(23)41)38(55)50(37(27)54)31-9-11-33(52)45-36(31)53/h8,10,16-19,24-25,31H,4-7,9,11-15,20H2,1-3H3,(H,45,52,53)(H,42,43,44,46). The zero-order valence-corrected chi connectivity index (χ0v) is 31.4. The van der Waals surface area contributed by atoms with Crippen molar-refractivity contribution in [2.75, 3.05) is 30.4 Å². The molecule has 0 radical (unpaired) electrons. The summed E-state index contributed by atoms with van der Waals surface area (Å²) in [4.78, 5) is 95.4. The molecule has 6 heterocycles. The number of hydrogen-bond acceptors (Lipinski definition) is 12. The van der Waals surface area contributed by atoms with Gasteiger partial charge in [0.25, 0.3) is 17.4 Å². The van der Waals surface area contributed by atoms with Crippen LogP contribution in [-0.4, -0.2) is 91.0 Å². The van der Waals surface area contributed by atoms with Crippen LogP contribution in [0.4, 0.5) is 21.8 Å². The Morgan fingerprint density at radius 1 is 0.964 bits per heavy atom. The van der Waals surface area contributed by atoms with E-state index < -0.39 is 35.5 Å². The Balaban J connectivity index is 0.905. The largest absolute Gasteiger partial charge is 0.370 e. The quantitative estimate of drug-likeness (QED) is 0.184. The second-order valence-electron chi connectivity index (χ2n) is 15.2. The van der Waals surface area contributed by atoms with E-state index in [0.717, 1.165) is 68.3 Å². The van der Waals surface area contributed by atoms with E-state index in [-0.39, 0.29) is 65.1 Å². The molecular formula is C40H42FN9O6. The van der Waals surface area contributed by atoms with E-state index in [0.29, 0.717) is 28.4 Å². The van der Waals surface area contributed by atoms with Crippen molar-refractivity contribution in [3.05, 3.63) is 80.6 Å². The summed E-state index contributed by atoms with van der Waals surface area (Å²) >= 11 is 0. The van der Waals surface area contributed by atoms with Gasteiger partial charge in [-0.3, -0.25) is 48.5 Å². The molecule has 15 nitrogen and oxygen atoms in total. The van der Waals surface area contributed by atoms with Crippen molar-refractivity contribution in [1.82, 2.24) is 34.6 Å². The SMILES string of the molecule is CC(=O)c1c(C)c2cnc(Nc3ccc(N4CCC(N(C)Cc5cc6c(cc5F)C(=O)N(C5CCC(=O)NC5=O)C6=O)CC4)cn3)nc2n(C2CCCC2)c1=O. The van der Waals surface area contributed by atoms with Gasteiger partial charge >= 0.3 is 0 Å². The zero-order valence-electron chi connectivity index (χ0n) is 31.4. The highest BCUT2D eigenvalue weighted by Gasteiger charge is 2.45. The van der Waals surface area contributed by atoms with Crippen molar-refractivity contribution in [2.45, 2.75) is 89.9 Å². The topological polar surface area (TPSA) is 180 Å². The summed E-state index contributed by atoms with van der Waals surface area (Å²) in [6.07, 6.45) is 8.79. The number of nitrogens with zero attached hydrogens (tertiary/aromatic N) is 7. The van der Waals surface area contributed by atoms with Crippen LogP contribution in [0.15, 0.2) is 41.5 Å². The van der Waals surface area contributed by atoms with Gasteiger partial charge in [0.2, 0.25) is 17.8 Å². The number of halogens is 1. The van der Waals surface area contributed by atoms with Crippen LogP contribution in [0.5, 0.6) is 0 Å². The molecule has 3 aromatic heterocycles. The fourth-order valence-corrected chi connectivity index (χ4v) is 8.69. The van der Waals surface area contributed by atoms with Gasteiger partial charge in [-0.2, -0.15) is 4.98 Å². The van der Waals surface area contributed by atoms with Gasteiger partial charge in [-0.15, -0.1) is 0 Å². The van der Waals surface area contributed by atoms with Crippen molar-refractivity contribution in [3.63, 3.8) is 0 Å². The number of carbonyl (C=O) groups is 5. The number of aryl methyl sites for hydroxylation is 1. The smallest absolute Gasteiger partial charge is 0.263 e. The van der Waals surface area contributed by atoms with Crippen LogP contribution in [0.3, 0.4) is 0 Å². The number of aromatic nitrogens is 4. The van der Waals surface area contributed by atoms with Gasteiger partial charge in [-0.1, -0.05) is 12.8 Å². The second kappa shape index (κ2) is 14.6. The van der Waals surface area contributed by atoms with Crippen LogP contribution in [0.1, 0.15) is 107 Å². The van der Waals surface area contributed by atoms with E-state index in [1.165, 1.54) is 13.0 Å². The van der Waals surface area contributed by atoms with Crippen molar-refractivity contribution in [3.8, 4) is 0 Å². The Hall–Kier alpha value is -5.90. The number of nitrogens with one attached hydrogen (secondary N) is 2. The number of rotatable bonds is 9. The summed E-state index contributed by atoms with van der Waals surface area (Å²) in [5.74, 6) is -2.62. The minimum Gasteiger partial charge on any atom is -0.370 e. The Labute approximate surface area is 321 Å². The predicted molar refractivity (Wildman–Crippen MR) is 203 cm³/mol. The van der Waals surface area contributed by atoms with Crippen molar-refractivity contribution in [1.29, 1.82) is 0 Å². The van der Waals surface area contributed by atoms with Gasteiger partial charge in [-0.05, 0) is 82.8 Å². The molecule has 16 heteroatoms. The van der Waals surface area contributed by atoms with Gasteiger partial charge in [0.05, 0.1) is 28.6 Å². The molecule has 1 aromatic carbocycles. The summed E-state index contributed by atoms with van der Waals surface area (Å²) in [6, 6.07) is 5.29. The molecule has 56 heavy (non-hydrogen) atoms. The molecule has 0 spiro atoms. The molecule has 1 unspecified atom stereocenters. The Morgan fingerprint density at radius 2 is 1.68 bits per heavy atom. The average Bonchev–Trinajstić information content (AvgIpc) is 3.78. The van der Waals surface area contributed by atoms with Gasteiger partial charge in [-0.25, -0.2) is 14.4 Å². The summed E-state index contributed by atoms with van der Waals surface area (Å²) in [5, 5.41) is 6.01. The van der Waals surface area contributed by atoms with E-state index in [2.05, 4.69) is 25.5 Å². The minimum absolute atomic E-state index is 0.00530. The molecule has 3 aliphatic heterocycles. The third-order valence-electron chi connectivity index (χ3n) is 11.7. The molecule has 1 aliphatic carbocycles. The summed E-state index contributed by atoms with van der Waals surface area (Å²) in [6.45, 7) is 4.87. The number of ketones is 1. The molecule has 8 rings (SSSR count). The van der Waals surface area contributed by atoms with Crippen LogP contribution >= 0.6 is 0 Å². The van der Waals surface area contributed by atoms with Crippen LogP contribution < -0.4 is 21.1 Å². The molecule has 4 amide bonds. The molecule has 290 valence electrons. The molecule has 4 aliphatic rings. The van der Waals surface area contributed by atoms with Gasteiger partial charge in [0.1, 0.15) is 23.3 Å². The fourth-order valence-electron chi connectivity index (χ4n) is 8.69.